The minimum absolute atomic E-state index is 0.0932. The Hall–Kier alpha value is -2.05. The van der Waals surface area contributed by atoms with E-state index in [9.17, 15) is 14.9 Å². The van der Waals surface area contributed by atoms with E-state index in [4.69, 9.17) is 9.47 Å². The van der Waals surface area contributed by atoms with E-state index in [0.717, 1.165) is 5.56 Å². The summed E-state index contributed by atoms with van der Waals surface area (Å²) in [5, 5.41) is 9.18. The largest absolute Gasteiger partial charge is 0.454 e. The van der Waals surface area contributed by atoms with E-state index in [1.54, 1.807) is 18.0 Å². The van der Waals surface area contributed by atoms with Crippen LogP contribution in [-0.2, 0) is 9.59 Å². The number of piperazine rings is 1. The molecule has 1 aromatic carbocycles. The molecule has 25 heavy (non-hydrogen) atoms. The van der Waals surface area contributed by atoms with Gasteiger partial charge in [0.25, 0.3) is 11.8 Å². The summed E-state index contributed by atoms with van der Waals surface area (Å²) in [4.78, 5) is 28.1. The second-order valence-electron chi connectivity index (χ2n) is 6.44. The molecular weight excluding hydrogens is 362 g/mol. The van der Waals surface area contributed by atoms with E-state index in [1.807, 2.05) is 12.1 Å². The second kappa shape index (κ2) is 4.99. The minimum atomic E-state index is -0.993. The average molecular weight is 375 g/mol. The molecule has 1 aromatic rings. The van der Waals surface area contributed by atoms with Crippen LogP contribution in [0.4, 0.5) is 0 Å². The first-order chi connectivity index (χ1) is 12.1. The molecule has 128 valence electrons. The number of amides is 2. The summed E-state index contributed by atoms with van der Waals surface area (Å²) < 4.78 is 10.8. The molecule has 4 fully saturated rings. The fraction of sp³-hybridized carbons (Fsp3) is 0.438. The zero-order valence-corrected chi connectivity index (χ0v) is 14.8. The van der Waals surface area contributed by atoms with Crippen LogP contribution in [0.3, 0.4) is 0 Å². The number of hydrogen-bond acceptors (Lipinski definition) is 7. The number of fused-ring (bicyclic) bond motifs is 3. The molecule has 7 nitrogen and oxygen atoms in total. The molecule has 0 N–H and O–H groups in total. The SMILES string of the molecule is CN1C(=O)[C@@]23C[C@H](C#N)[C@H](c4ccc5c(c4)OCO5)N2C(=O)[C@@H]1SS3. The van der Waals surface area contributed by atoms with Crippen molar-refractivity contribution in [2.45, 2.75) is 22.7 Å². The lowest BCUT2D eigenvalue weighted by molar-refractivity contribution is -0.158. The minimum Gasteiger partial charge on any atom is -0.454 e. The van der Waals surface area contributed by atoms with Crippen molar-refractivity contribution in [1.29, 1.82) is 5.26 Å². The molecular formula is C16H13N3O4S2. The standard InChI is InChI=1S/C16H13N3O4S2/c1-18-14-13(20)19-12(8-2-3-10-11(4-8)23-7-22-10)9(6-17)5-16(19,15(18)21)25-24-14/h2-4,9,12,14H,5,7H2,1H3/t9-,12+,14+,16+/m1/s1. The normalized spacial score (nSPS) is 35.1. The van der Waals surface area contributed by atoms with Crippen LogP contribution in [0.25, 0.3) is 0 Å². The van der Waals surface area contributed by atoms with Gasteiger partial charge in [0.2, 0.25) is 6.79 Å². The molecule has 2 bridgehead atoms. The lowest BCUT2D eigenvalue weighted by Gasteiger charge is -2.52. The molecule has 1 spiro atoms. The number of benzene rings is 1. The Morgan fingerprint density at radius 2 is 2.12 bits per heavy atom. The highest BCUT2D eigenvalue weighted by Gasteiger charge is 2.68. The van der Waals surface area contributed by atoms with Gasteiger partial charge >= 0.3 is 0 Å². The Morgan fingerprint density at radius 3 is 2.92 bits per heavy atom. The van der Waals surface area contributed by atoms with Crippen LogP contribution < -0.4 is 9.47 Å². The zero-order valence-electron chi connectivity index (χ0n) is 13.2. The first kappa shape index (κ1) is 15.2. The van der Waals surface area contributed by atoms with Crippen molar-refractivity contribution in [2.24, 2.45) is 5.92 Å². The predicted octanol–water partition coefficient (Wildman–Crippen LogP) is 1.72. The number of nitriles is 1. The summed E-state index contributed by atoms with van der Waals surface area (Å²) in [6.07, 6.45) is 0.335. The highest BCUT2D eigenvalue weighted by molar-refractivity contribution is 8.78. The first-order valence-corrected chi connectivity index (χ1v) is 10.0. The lowest BCUT2D eigenvalue weighted by Crippen LogP contribution is -2.69. The quantitative estimate of drug-likeness (QED) is 0.691. The van der Waals surface area contributed by atoms with E-state index < -0.39 is 22.2 Å². The first-order valence-electron chi connectivity index (χ1n) is 7.81. The Morgan fingerprint density at radius 1 is 1.32 bits per heavy atom. The van der Waals surface area contributed by atoms with E-state index in [0.29, 0.717) is 17.9 Å². The van der Waals surface area contributed by atoms with Gasteiger partial charge in [-0.2, -0.15) is 5.26 Å². The summed E-state index contributed by atoms with van der Waals surface area (Å²) in [5.41, 5.74) is 0.801. The van der Waals surface area contributed by atoms with Crippen LogP contribution in [0, 0.1) is 17.2 Å². The zero-order chi connectivity index (χ0) is 17.3. The number of rotatable bonds is 1. The van der Waals surface area contributed by atoms with Gasteiger partial charge in [-0.15, -0.1) is 0 Å². The third-order valence-electron chi connectivity index (χ3n) is 5.18. The third-order valence-corrected chi connectivity index (χ3v) is 8.45. The smallest absolute Gasteiger partial charge is 0.261 e. The fourth-order valence-corrected chi connectivity index (χ4v) is 7.48. The van der Waals surface area contributed by atoms with Crippen molar-refractivity contribution in [3.63, 3.8) is 0 Å². The van der Waals surface area contributed by atoms with E-state index >= 15 is 0 Å². The van der Waals surface area contributed by atoms with Crippen LogP contribution in [0.5, 0.6) is 11.5 Å². The van der Waals surface area contributed by atoms with Crippen molar-refractivity contribution < 1.29 is 19.1 Å². The maximum Gasteiger partial charge on any atom is 0.261 e. The Bertz CT molecular complexity index is 856. The molecule has 2 amide bonds. The van der Waals surface area contributed by atoms with Crippen molar-refractivity contribution in [2.75, 3.05) is 13.8 Å². The van der Waals surface area contributed by atoms with Crippen molar-refractivity contribution >= 4 is 33.4 Å². The fourth-order valence-electron chi connectivity index (χ4n) is 4.02. The Balaban J connectivity index is 1.64. The lowest BCUT2D eigenvalue weighted by atomic mass is 9.94. The number of nitrogens with zero attached hydrogens (tertiary/aromatic N) is 3. The van der Waals surface area contributed by atoms with Gasteiger partial charge in [0.15, 0.2) is 21.7 Å². The highest BCUT2D eigenvalue weighted by atomic mass is 33.1. The molecule has 0 saturated carbocycles. The average Bonchev–Trinajstić information content (AvgIpc) is 3.21. The summed E-state index contributed by atoms with van der Waals surface area (Å²) in [7, 11) is 4.48. The molecule has 5 aliphatic heterocycles. The van der Waals surface area contributed by atoms with E-state index in [-0.39, 0.29) is 18.6 Å². The molecule has 0 aliphatic carbocycles. The molecule has 0 unspecified atom stereocenters. The molecule has 5 aliphatic rings. The summed E-state index contributed by atoms with van der Waals surface area (Å²) in [6.45, 7) is 0.162. The topological polar surface area (TPSA) is 82.9 Å². The number of carbonyl (C=O) groups excluding carboxylic acids is 2. The third kappa shape index (κ3) is 1.79. The van der Waals surface area contributed by atoms with Gasteiger partial charge in [-0.3, -0.25) is 9.59 Å². The van der Waals surface area contributed by atoms with Gasteiger partial charge in [-0.1, -0.05) is 27.7 Å². The number of ether oxygens (including phenoxy) is 2. The van der Waals surface area contributed by atoms with Crippen LogP contribution in [0.2, 0.25) is 0 Å². The summed E-state index contributed by atoms with van der Waals surface area (Å²) in [6, 6.07) is 7.31. The summed E-state index contributed by atoms with van der Waals surface area (Å²) in [5.74, 6) is 0.606. The predicted molar refractivity (Wildman–Crippen MR) is 90.3 cm³/mol. The van der Waals surface area contributed by atoms with Crippen molar-refractivity contribution in [1.82, 2.24) is 9.80 Å². The van der Waals surface area contributed by atoms with E-state index in [2.05, 4.69) is 6.07 Å². The molecule has 0 radical (unpaired) electrons. The van der Waals surface area contributed by atoms with Crippen LogP contribution in [0.1, 0.15) is 18.0 Å². The maximum absolute atomic E-state index is 13.0. The van der Waals surface area contributed by atoms with Gasteiger partial charge in [-0.25, -0.2) is 0 Å². The van der Waals surface area contributed by atoms with Gasteiger partial charge in [0.1, 0.15) is 0 Å². The summed E-state index contributed by atoms with van der Waals surface area (Å²) >= 11 is 0. The van der Waals surface area contributed by atoms with Crippen molar-refractivity contribution in [3.05, 3.63) is 23.8 Å². The van der Waals surface area contributed by atoms with Gasteiger partial charge in [0.05, 0.1) is 18.0 Å². The Kier molecular flexibility index (Phi) is 3.04. The van der Waals surface area contributed by atoms with Gasteiger partial charge < -0.3 is 19.3 Å². The molecule has 4 saturated heterocycles. The van der Waals surface area contributed by atoms with Crippen molar-refractivity contribution in [3.8, 4) is 17.6 Å². The Labute approximate surface area is 151 Å². The molecule has 5 heterocycles. The van der Waals surface area contributed by atoms with Gasteiger partial charge in [0, 0.05) is 13.5 Å². The maximum atomic E-state index is 13.0. The van der Waals surface area contributed by atoms with Gasteiger partial charge in [-0.05, 0) is 17.7 Å². The highest BCUT2D eigenvalue weighted by Crippen LogP contribution is 2.63. The number of carbonyl (C=O) groups is 2. The second-order valence-corrected chi connectivity index (χ2v) is 9.00. The number of likely N-dealkylation sites (N-methyl/N-ethyl adjacent to an activating group) is 1. The van der Waals surface area contributed by atoms with Crippen LogP contribution >= 0.6 is 21.6 Å². The molecule has 9 heteroatoms. The molecule has 6 rings (SSSR count). The van der Waals surface area contributed by atoms with Crippen LogP contribution in [-0.4, -0.2) is 45.7 Å². The number of hydrogen-bond donors (Lipinski definition) is 0. The molecule has 0 aromatic heterocycles. The van der Waals surface area contributed by atoms with E-state index in [1.165, 1.54) is 26.5 Å². The van der Waals surface area contributed by atoms with Crippen LogP contribution in [0.15, 0.2) is 18.2 Å². The molecule has 4 atom stereocenters. The monoisotopic (exact) mass is 375 g/mol.